The number of imide groups is 1. The summed E-state index contributed by atoms with van der Waals surface area (Å²) in [6.07, 6.45) is 1.29. The van der Waals surface area contributed by atoms with E-state index in [2.05, 4.69) is 15.9 Å². The monoisotopic (exact) mass is 292 g/mol. The number of nitrogens with zero attached hydrogens (tertiary/aromatic N) is 2. The van der Waals surface area contributed by atoms with Gasteiger partial charge in [0.15, 0.2) is 0 Å². The molecule has 1 fully saturated rings. The second kappa shape index (κ2) is 4.68. The lowest BCUT2D eigenvalue weighted by Crippen LogP contribution is -2.40. The van der Waals surface area contributed by atoms with Crippen LogP contribution in [0.1, 0.15) is 24.8 Å². The molecule has 1 aliphatic heterocycles. The number of halogens is 1. The van der Waals surface area contributed by atoms with E-state index in [-0.39, 0.29) is 11.8 Å². The van der Waals surface area contributed by atoms with Crippen molar-refractivity contribution in [1.29, 1.82) is 5.26 Å². The van der Waals surface area contributed by atoms with Crippen molar-refractivity contribution in [3.63, 3.8) is 0 Å². The number of carbonyl (C=O) groups is 2. The fourth-order valence-corrected chi connectivity index (χ4v) is 2.16. The summed E-state index contributed by atoms with van der Waals surface area (Å²) in [6, 6.07) is 6.92. The minimum Gasteiger partial charge on any atom is -0.274 e. The number of benzene rings is 1. The van der Waals surface area contributed by atoms with Gasteiger partial charge < -0.3 is 0 Å². The maximum Gasteiger partial charge on any atom is 0.233 e. The number of piperidine rings is 1. The van der Waals surface area contributed by atoms with Gasteiger partial charge in [0.1, 0.15) is 6.07 Å². The number of hydrogen-bond donors (Lipinski definition) is 0. The lowest BCUT2D eigenvalue weighted by atomic mass is 10.1. The van der Waals surface area contributed by atoms with E-state index >= 15 is 0 Å². The van der Waals surface area contributed by atoms with Gasteiger partial charge in [0.05, 0.1) is 11.3 Å². The van der Waals surface area contributed by atoms with Crippen LogP contribution in [0.2, 0.25) is 0 Å². The Kier molecular flexibility index (Phi) is 3.25. The highest BCUT2D eigenvalue weighted by Crippen LogP contribution is 2.28. The Labute approximate surface area is 107 Å². The van der Waals surface area contributed by atoms with Crippen LogP contribution in [0.4, 0.5) is 5.69 Å². The van der Waals surface area contributed by atoms with Gasteiger partial charge >= 0.3 is 0 Å². The van der Waals surface area contributed by atoms with E-state index in [1.54, 1.807) is 18.2 Å². The summed E-state index contributed by atoms with van der Waals surface area (Å²) in [7, 11) is 0. The molecule has 2 amide bonds. The molecule has 0 spiro atoms. The first kappa shape index (κ1) is 11.8. The Bertz CT molecular complexity index is 518. The highest BCUT2D eigenvalue weighted by atomic mass is 79.9. The van der Waals surface area contributed by atoms with Gasteiger partial charge in [-0.05, 0) is 24.6 Å². The molecule has 0 radical (unpaired) electrons. The molecule has 17 heavy (non-hydrogen) atoms. The summed E-state index contributed by atoms with van der Waals surface area (Å²) in [6.45, 7) is 0. The Morgan fingerprint density at radius 2 is 1.88 bits per heavy atom. The quantitative estimate of drug-likeness (QED) is 0.747. The Morgan fingerprint density at radius 3 is 2.47 bits per heavy atom. The SMILES string of the molecule is N#Cc1ccc(Br)cc1N1C(=O)CCCC1=O. The zero-order valence-corrected chi connectivity index (χ0v) is 10.5. The molecule has 2 rings (SSSR count). The van der Waals surface area contributed by atoms with Crippen LogP contribution in [0.15, 0.2) is 22.7 Å². The third-order valence-corrected chi connectivity index (χ3v) is 3.09. The number of rotatable bonds is 1. The van der Waals surface area contributed by atoms with Crippen molar-refractivity contribution in [3.05, 3.63) is 28.2 Å². The number of nitriles is 1. The first-order valence-corrected chi connectivity index (χ1v) is 5.98. The van der Waals surface area contributed by atoms with Crippen LogP contribution in [0.3, 0.4) is 0 Å². The highest BCUT2D eigenvalue weighted by molar-refractivity contribution is 9.10. The Balaban J connectivity index is 2.51. The third-order valence-electron chi connectivity index (χ3n) is 2.60. The van der Waals surface area contributed by atoms with Crippen molar-refractivity contribution >= 4 is 33.4 Å². The molecule has 1 aromatic carbocycles. The van der Waals surface area contributed by atoms with Gasteiger partial charge in [-0.2, -0.15) is 5.26 Å². The molecule has 86 valence electrons. The summed E-state index contributed by atoms with van der Waals surface area (Å²) >= 11 is 3.27. The summed E-state index contributed by atoms with van der Waals surface area (Å²) in [4.78, 5) is 24.6. The fraction of sp³-hybridized carbons (Fsp3) is 0.250. The van der Waals surface area contributed by atoms with Crippen molar-refractivity contribution in [1.82, 2.24) is 0 Å². The first-order valence-electron chi connectivity index (χ1n) is 5.19. The van der Waals surface area contributed by atoms with Crippen LogP contribution in [0, 0.1) is 11.3 Å². The Hall–Kier alpha value is -1.67. The van der Waals surface area contributed by atoms with E-state index in [1.807, 2.05) is 6.07 Å². The lowest BCUT2D eigenvalue weighted by Gasteiger charge is -2.25. The standard InChI is InChI=1S/C12H9BrN2O2/c13-9-5-4-8(7-14)10(6-9)15-11(16)2-1-3-12(15)17/h4-6H,1-3H2. The predicted octanol–water partition coefficient (Wildman–Crippen LogP) is 2.36. The van der Waals surface area contributed by atoms with Crippen LogP contribution >= 0.6 is 15.9 Å². The molecule has 1 saturated heterocycles. The van der Waals surface area contributed by atoms with Crippen LogP contribution in [-0.2, 0) is 9.59 Å². The minimum atomic E-state index is -0.240. The van der Waals surface area contributed by atoms with E-state index in [4.69, 9.17) is 5.26 Å². The molecular formula is C12H9BrN2O2. The maximum atomic E-state index is 11.8. The Morgan fingerprint density at radius 1 is 1.24 bits per heavy atom. The van der Waals surface area contributed by atoms with Gasteiger partial charge in [-0.3, -0.25) is 9.59 Å². The van der Waals surface area contributed by atoms with Crippen molar-refractivity contribution in [3.8, 4) is 6.07 Å². The molecule has 1 aliphatic rings. The van der Waals surface area contributed by atoms with Crippen LogP contribution in [0.25, 0.3) is 0 Å². The third kappa shape index (κ3) is 2.22. The van der Waals surface area contributed by atoms with Crippen LogP contribution in [0.5, 0.6) is 0 Å². The zero-order valence-electron chi connectivity index (χ0n) is 8.94. The molecule has 5 heteroatoms. The fourth-order valence-electron chi connectivity index (χ4n) is 1.81. The number of hydrogen-bond acceptors (Lipinski definition) is 3. The average molecular weight is 293 g/mol. The molecule has 0 aromatic heterocycles. The van der Waals surface area contributed by atoms with Gasteiger partial charge in [0.25, 0.3) is 0 Å². The van der Waals surface area contributed by atoms with Gasteiger partial charge in [-0.1, -0.05) is 15.9 Å². The highest BCUT2D eigenvalue weighted by Gasteiger charge is 2.29. The van der Waals surface area contributed by atoms with E-state index in [0.717, 1.165) is 9.37 Å². The summed E-state index contributed by atoms with van der Waals surface area (Å²) in [5.41, 5.74) is 0.702. The van der Waals surface area contributed by atoms with Gasteiger partial charge in [-0.15, -0.1) is 0 Å². The molecule has 0 N–H and O–H groups in total. The zero-order chi connectivity index (χ0) is 12.4. The van der Waals surface area contributed by atoms with Crippen molar-refractivity contribution < 1.29 is 9.59 Å². The average Bonchev–Trinajstić information content (AvgIpc) is 2.29. The minimum absolute atomic E-state index is 0.240. The molecule has 0 aliphatic carbocycles. The van der Waals surface area contributed by atoms with Crippen molar-refractivity contribution in [2.24, 2.45) is 0 Å². The second-order valence-corrected chi connectivity index (χ2v) is 4.67. The van der Waals surface area contributed by atoms with Crippen LogP contribution in [-0.4, -0.2) is 11.8 Å². The first-order chi connectivity index (χ1) is 8.13. The van der Waals surface area contributed by atoms with Crippen molar-refractivity contribution in [2.75, 3.05) is 4.90 Å². The summed E-state index contributed by atoms with van der Waals surface area (Å²) in [5.74, 6) is -0.480. The molecule has 4 nitrogen and oxygen atoms in total. The molecule has 0 bridgehead atoms. The molecule has 1 heterocycles. The predicted molar refractivity (Wildman–Crippen MR) is 65.2 cm³/mol. The summed E-state index contributed by atoms with van der Waals surface area (Å²) in [5, 5.41) is 9.00. The topological polar surface area (TPSA) is 61.2 Å². The molecule has 0 atom stereocenters. The molecular weight excluding hydrogens is 284 g/mol. The van der Waals surface area contributed by atoms with E-state index in [9.17, 15) is 9.59 Å². The molecule has 1 aromatic rings. The van der Waals surface area contributed by atoms with E-state index in [1.165, 1.54) is 0 Å². The number of amides is 2. The second-order valence-electron chi connectivity index (χ2n) is 3.75. The number of anilines is 1. The van der Waals surface area contributed by atoms with Gasteiger partial charge in [-0.25, -0.2) is 4.90 Å². The lowest BCUT2D eigenvalue weighted by molar-refractivity contribution is -0.129. The summed E-state index contributed by atoms with van der Waals surface area (Å²) < 4.78 is 0.734. The smallest absolute Gasteiger partial charge is 0.233 e. The molecule has 0 saturated carbocycles. The van der Waals surface area contributed by atoms with E-state index in [0.29, 0.717) is 30.5 Å². The normalized spacial score (nSPS) is 15.9. The van der Waals surface area contributed by atoms with Gasteiger partial charge in [0.2, 0.25) is 11.8 Å². The maximum absolute atomic E-state index is 11.8. The number of carbonyl (C=O) groups excluding carboxylic acids is 2. The van der Waals surface area contributed by atoms with Crippen molar-refractivity contribution in [2.45, 2.75) is 19.3 Å². The van der Waals surface area contributed by atoms with Crippen LogP contribution < -0.4 is 4.90 Å². The molecule has 0 unspecified atom stereocenters. The van der Waals surface area contributed by atoms with Gasteiger partial charge in [0, 0.05) is 17.3 Å². The largest absolute Gasteiger partial charge is 0.274 e. The van der Waals surface area contributed by atoms with E-state index < -0.39 is 0 Å².